The summed E-state index contributed by atoms with van der Waals surface area (Å²) in [5.74, 6) is -0.391. The van der Waals surface area contributed by atoms with E-state index in [0.29, 0.717) is 26.3 Å². The minimum Gasteiger partial charge on any atom is -0.377 e. The van der Waals surface area contributed by atoms with E-state index in [2.05, 4.69) is 4.98 Å². The highest BCUT2D eigenvalue weighted by molar-refractivity contribution is 6.29. The number of fused-ring (bicyclic) bond motifs is 3. The summed E-state index contributed by atoms with van der Waals surface area (Å²) in [4.78, 5) is 17.0. The normalized spacial score (nSPS) is 26.9. The zero-order valence-electron chi connectivity index (χ0n) is 9.24. The van der Waals surface area contributed by atoms with Gasteiger partial charge in [0.05, 0.1) is 25.3 Å². The summed E-state index contributed by atoms with van der Waals surface area (Å²) in [6, 6.07) is 0. The van der Waals surface area contributed by atoms with Crippen LogP contribution in [0.25, 0.3) is 0 Å². The van der Waals surface area contributed by atoms with Gasteiger partial charge in [-0.05, 0) is 6.92 Å². The Hall–Kier alpha value is -1.14. The minimum absolute atomic E-state index is 0.237. The number of anilines is 1. The number of hydrogen-bond acceptors (Lipinski definition) is 4. The number of ether oxygens (including phenoxy) is 1. The standard InChI is InChI=1S/C10H11ClFN3O2/c1-10-4-14-8(15(10)2-3-17-5-10)6(12)7(11)13-9(14)16/h2-5H2,1H3/t10-/m1/s1. The second-order valence-electron chi connectivity index (χ2n) is 4.61. The van der Waals surface area contributed by atoms with Crippen molar-refractivity contribution in [1.29, 1.82) is 0 Å². The van der Waals surface area contributed by atoms with Gasteiger partial charge in [-0.15, -0.1) is 0 Å². The summed E-state index contributed by atoms with van der Waals surface area (Å²) in [5.41, 5.74) is -0.903. The molecule has 5 nitrogen and oxygen atoms in total. The molecule has 7 heteroatoms. The third-order valence-corrected chi connectivity index (χ3v) is 3.59. The molecule has 0 spiro atoms. The smallest absolute Gasteiger partial charge is 0.350 e. The molecule has 0 aromatic carbocycles. The van der Waals surface area contributed by atoms with Gasteiger partial charge in [0, 0.05) is 6.54 Å². The molecule has 1 fully saturated rings. The van der Waals surface area contributed by atoms with Crippen molar-refractivity contribution in [3.8, 4) is 0 Å². The van der Waals surface area contributed by atoms with Crippen LogP contribution < -0.4 is 10.6 Å². The van der Waals surface area contributed by atoms with Gasteiger partial charge in [0.15, 0.2) is 11.0 Å². The summed E-state index contributed by atoms with van der Waals surface area (Å²) in [6.07, 6.45) is 0. The predicted molar refractivity (Wildman–Crippen MR) is 60.0 cm³/mol. The first-order valence-corrected chi connectivity index (χ1v) is 5.72. The minimum atomic E-state index is -0.628. The van der Waals surface area contributed by atoms with Gasteiger partial charge in [-0.2, -0.15) is 9.37 Å². The molecule has 92 valence electrons. The van der Waals surface area contributed by atoms with Crippen LogP contribution in [0.5, 0.6) is 0 Å². The lowest BCUT2D eigenvalue weighted by atomic mass is 10.0. The lowest BCUT2D eigenvalue weighted by Crippen LogP contribution is -2.53. The van der Waals surface area contributed by atoms with E-state index in [1.165, 1.54) is 4.57 Å². The Morgan fingerprint density at radius 2 is 2.35 bits per heavy atom. The van der Waals surface area contributed by atoms with Crippen molar-refractivity contribution in [2.75, 3.05) is 24.7 Å². The molecule has 0 bridgehead atoms. The van der Waals surface area contributed by atoms with Gasteiger partial charge < -0.3 is 9.64 Å². The highest BCUT2D eigenvalue weighted by Gasteiger charge is 2.45. The first-order chi connectivity index (χ1) is 8.03. The molecule has 3 heterocycles. The van der Waals surface area contributed by atoms with Crippen LogP contribution in [0.3, 0.4) is 0 Å². The van der Waals surface area contributed by atoms with Gasteiger partial charge in [-0.25, -0.2) is 4.79 Å². The lowest BCUT2D eigenvalue weighted by molar-refractivity contribution is 0.0584. The Morgan fingerprint density at radius 1 is 1.59 bits per heavy atom. The van der Waals surface area contributed by atoms with Gasteiger partial charge in [0.1, 0.15) is 0 Å². The molecule has 0 radical (unpaired) electrons. The molecule has 1 aromatic rings. The molecule has 1 saturated heterocycles. The summed E-state index contributed by atoms with van der Waals surface area (Å²) in [5, 5.41) is -0.364. The fourth-order valence-electron chi connectivity index (χ4n) is 2.53. The van der Waals surface area contributed by atoms with Crippen molar-refractivity contribution >= 4 is 17.4 Å². The number of halogens is 2. The topological polar surface area (TPSA) is 47.4 Å². The third kappa shape index (κ3) is 1.40. The van der Waals surface area contributed by atoms with E-state index < -0.39 is 17.0 Å². The second kappa shape index (κ2) is 3.43. The quantitative estimate of drug-likeness (QED) is 0.642. The molecule has 3 rings (SSSR count). The molecule has 0 unspecified atom stereocenters. The number of nitrogens with zero attached hydrogens (tertiary/aromatic N) is 3. The van der Waals surface area contributed by atoms with Gasteiger partial charge in [0.25, 0.3) is 0 Å². The van der Waals surface area contributed by atoms with Crippen LogP contribution in [0.15, 0.2) is 4.79 Å². The van der Waals surface area contributed by atoms with E-state index in [1.54, 1.807) is 0 Å². The molecule has 0 saturated carbocycles. The molecule has 0 amide bonds. The van der Waals surface area contributed by atoms with Crippen molar-refractivity contribution in [2.45, 2.75) is 19.0 Å². The zero-order chi connectivity index (χ0) is 12.2. The average molecular weight is 260 g/mol. The predicted octanol–water partition coefficient (Wildman–Crippen LogP) is 0.645. The fourth-order valence-corrected chi connectivity index (χ4v) is 2.69. The Balaban J connectivity index is 2.23. The Morgan fingerprint density at radius 3 is 3.12 bits per heavy atom. The van der Waals surface area contributed by atoms with Crippen LogP contribution in [-0.2, 0) is 11.3 Å². The molecule has 1 atom stereocenters. The van der Waals surface area contributed by atoms with E-state index in [-0.39, 0.29) is 11.0 Å². The van der Waals surface area contributed by atoms with E-state index in [4.69, 9.17) is 16.3 Å². The van der Waals surface area contributed by atoms with Crippen molar-refractivity contribution in [1.82, 2.24) is 9.55 Å². The SMILES string of the molecule is C[C@@]12COCCN1c1c(F)c(Cl)nc(=O)n1C2. The van der Waals surface area contributed by atoms with Crippen LogP contribution >= 0.6 is 11.6 Å². The van der Waals surface area contributed by atoms with Crippen molar-refractivity contribution in [3.63, 3.8) is 0 Å². The first kappa shape index (κ1) is 11.0. The maximum Gasteiger partial charge on any atom is 0.350 e. The first-order valence-electron chi connectivity index (χ1n) is 5.34. The Bertz CT molecular complexity index is 547. The monoisotopic (exact) mass is 259 g/mol. The van der Waals surface area contributed by atoms with E-state index >= 15 is 0 Å². The molecule has 1 aromatic heterocycles. The number of aromatic nitrogens is 2. The summed E-state index contributed by atoms with van der Waals surface area (Å²) in [7, 11) is 0. The van der Waals surface area contributed by atoms with Crippen molar-refractivity contribution < 1.29 is 9.13 Å². The summed E-state index contributed by atoms with van der Waals surface area (Å²) >= 11 is 5.62. The van der Waals surface area contributed by atoms with Crippen LogP contribution in [0, 0.1) is 5.82 Å². The van der Waals surface area contributed by atoms with Crippen molar-refractivity contribution in [2.24, 2.45) is 0 Å². The number of morpholine rings is 1. The van der Waals surface area contributed by atoms with Gasteiger partial charge in [-0.1, -0.05) is 11.6 Å². The maximum absolute atomic E-state index is 14.0. The van der Waals surface area contributed by atoms with Gasteiger partial charge >= 0.3 is 5.69 Å². The van der Waals surface area contributed by atoms with Crippen molar-refractivity contribution in [3.05, 3.63) is 21.5 Å². The number of rotatable bonds is 0. The Kier molecular flexibility index (Phi) is 2.21. The van der Waals surface area contributed by atoms with Crippen LogP contribution in [0.2, 0.25) is 5.15 Å². The van der Waals surface area contributed by atoms with E-state index in [1.807, 2.05) is 11.8 Å². The fraction of sp³-hybridized carbons (Fsp3) is 0.600. The summed E-state index contributed by atoms with van der Waals surface area (Å²) in [6.45, 7) is 3.84. The molecular formula is C10H11ClFN3O2. The van der Waals surface area contributed by atoms with Crippen LogP contribution in [0.4, 0.5) is 10.2 Å². The summed E-state index contributed by atoms with van der Waals surface area (Å²) < 4.78 is 20.7. The third-order valence-electron chi connectivity index (χ3n) is 3.34. The molecule has 0 aliphatic carbocycles. The molecule has 2 aliphatic heterocycles. The number of hydrogen-bond donors (Lipinski definition) is 0. The van der Waals surface area contributed by atoms with Crippen LogP contribution in [0.1, 0.15) is 6.92 Å². The zero-order valence-corrected chi connectivity index (χ0v) is 10.00. The molecular weight excluding hydrogens is 249 g/mol. The van der Waals surface area contributed by atoms with E-state index in [9.17, 15) is 9.18 Å². The second-order valence-corrected chi connectivity index (χ2v) is 4.97. The van der Waals surface area contributed by atoms with Crippen LogP contribution in [-0.4, -0.2) is 34.8 Å². The van der Waals surface area contributed by atoms with E-state index in [0.717, 1.165) is 0 Å². The van der Waals surface area contributed by atoms with Gasteiger partial charge in [0.2, 0.25) is 5.82 Å². The molecule has 17 heavy (non-hydrogen) atoms. The maximum atomic E-state index is 14.0. The Labute approximate surface area is 102 Å². The molecule has 2 aliphatic rings. The highest BCUT2D eigenvalue weighted by Crippen LogP contribution is 2.37. The highest BCUT2D eigenvalue weighted by atomic mass is 35.5. The average Bonchev–Trinajstić information content (AvgIpc) is 2.60. The molecule has 0 N–H and O–H groups in total. The largest absolute Gasteiger partial charge is 0.377 e. The van der Waals surface area contributed by atoms with Gasteiger partial charge in [-0.3, -0.25) is 4.57 Å². The lowest BCUT2D eigenvalue weighted by Gasteiger charge is -2.39.